The molecule has 1 fully saturated rings. The Hall–Kier alpha value is -0.570. The second-order valence-corrected chi connectivity index (χ2v) is 6.24. The van der Waals surface area contributed by atoms with Crippen LogP contribution < -0.4 is 10.6 Å². The van der Waals surface area contributed by atoms with E-state index >= 15 is 0 Å². The Morgan fingerprint density at radius 3 is 2.74 bits per heavy atom. The lowest BCUT2D eigenvalue weighted by Gasteiger charge is -2.15. The standard InChI is InChI=1S/C16H32N2O/c1-14(2)10-6-3-4-8-13-18-16(19)15-11-7-5-9-12-17-15/h14-15,17H,3-13H2,1-2H3,(H,18,19). The van der Waals surface area contributed by atoms with Crippen molar-refractivity contribution < 1.29 is 4.79 Å². The lowest BCUT2D eigenvalue weighted by molar-refractivity contribution is -0.123. The summed E-state index contributed by atoms with van der Waals surface area (Å²) < 4.78 is 0. The number of hydrogen-bond acceptors (Lipinski definition) is 2. The van der Waals surface area contributed by atoms with Crippen molar-refractivity contribution in [2.24, 2.45) is 5.92 Å². The molecule has 1 rings (SSSR count). The van der Waals surface area contributed by atoms with E-state index in [1.54, 1.807) is 0 Å². The van der Waals surface area contributed by atoms with Gasteiger partial charge in [-0.2, -0.15) is 0 Å². The molecule has 0 aliphatic carbocycles. The second-order valence-electron chi connectivity index (χ2n) is 6.24. The highest BCUT2D eigenvalue weighted by Gasteiger charge is 2.18. The van der Waals surface area contributed by atoms with Crippen molar-refractivity contribution in [3.63, 3.8) is 0 Å². The molecule has 0 aromatic heterocycles. The van der Waals surface area contributed by atoms with E-state index in [4.69, 9.17) is 0 Å². The summed E-state index contributed by atoms with van der Waals surface area (Å²) in [5, 5.41) is 6.42. The molecule has 0 radical (unpaired) electrons. The SMILES string of the molecule is CC(C)CCCCCCNC(=O)C1CCCCCN1. The van der Waals surface area contributed by atoms with Gasteiger partial charge < -0.3 is 10.6 Å². The molecule has 0 saturated carbocycles. The maximum Gasteiger partial charge on any atom is 0.237 e. The van der Waals surface area contributed by atoms with Gasteiger partial charge in [0.05, 0.1) is 6.04 Å². The zero-order chi connectivity index (χ0) is 13.9. The van der Waals surface area contributed by atoms with Crippen LogP contribution in [0, 0.1) is 5.92 Å². The summed E-state index contributed by atoms with van der Waals surface area (Å²) in [6.07, 6.45) is 11.0. The summed E-state index contributed by atoms with van der Waals surface area (Å²) in [6, 6.07) is 0.0587. The number of hydrogen-bond donors (Lipinski definition) is 2. The fraction of sp³-hybridized carbons (Fsp3) is 0.938. The van der Waals surface area contributed by atoms with Crippen LogP contribution in [0.2, 0.25) is 0 Å². The van der Waals surface area contributed by atoms with E-state index in [1.165, 1.54) is 44.9 Å². The van der Waals surface area contributed by atoms with Crippen LogP contribution in [-0.2, 0) is 4.79 Å². The molecular weight excluding hydrogens is 236 g/mol. The first-order valence-corrected chi connectivity index (χ1v) is 8.21. The van der Waals surface area contributed by atoms with Gasteiger partial charge in [-0.15, -0.1) is 0 Å². The Balaban J connectivity index is 1.97. The predicted octanol–water partition coefficient (Wildman–Crippen LogP) is 3.24. The lowest BCUT2D eigenvalue weighted by atomic mass is 10.0. The number of rotatable bonds is 8. The molecule has 1 aliphatic heterocycles. The van der Waals surface area contributed by atoms with Gasteiger partial charge in [0.15, 0.2) is 0 Å². The second kappa shape index (κ2) is 10.2. The smallest absolute Gasteiger partial charge is 0.237 e. The van der Waals surface area contributed by atoms with Gasteiger partial charge in [0.2, 0.25) is 5.91 Å². The summed E-state index contributed by atoms with van der Waals surface area (Å²) in [5.74, 6) is 1.03. The van der Waals surface area contributed by atoms with Gasteiger partial charge in [0, 0.05) is 6.54 Å². The fourth-order valence-corrected chi connectivity index (χ4v) is 2.62. The van der Waals surface area contributed by atoms with E-state index in [0.717, 1.165) is 31.8 Å². The molecule has 1 aliphatic rings. The van der Waals surface area contributed by atoms with Crippen molar-refractivity contribution in [3.8, 4) is 0 Å². The molecule has 2 N–H and O–H groups in total. The van der Waals surface area contributed by atoms with Gasteiger partial charge in [0.25, 0.3) is 0 Å². The average molecular weight is 268 g/mol. The van der Waals surface area contributed by atoms with E-state index in [1.807, 2.05) is 0 Å². The third-order valence-electron chi connectivity index (χ3n) is 3.88. The van der Waals surface area contributed by atoms with E-state index in [2.05, 4.69) is 24.5 Å². The number of nitrogens with one attached hydrogen (secondary N) is 2. The zero-order valence-corrected chi connectivity index (χ0v) is 12.8. The minimum atomic E-state index is 0.0587. The third kappa shape index (κ3) is 8.25. The monoisotopic (exact) mass is 268 g/mol. The van der Waals surface area contributed by atoms with E-state index in [0.29, 0.717) is 0 Å². The highest BCUT2D eigenvalue weighted by molar-refractivity contribution is 5.81. The highest BCUT2D eigenvalue weighted by Crippen LogP contribution is 2.10. The zero-order valence-electron chi connectivity index (χ0n) is 12.8. The van der Waals surface area contributed by atoms with Crippen LogP contribution in [0.4, 0.5) is 0 Å². The van der Waals surface area contributed by atoms with Crippen LogP contribution in [0.5, 0.6) is 0 Å². The summed E-state index contributed by atoms with van der Waals surface area (Å²) in [7, 11) is 0. The van der Waals surface area contributed by atoms with Crippen LogP contribution >= 0.6 is 0 Å². The Morgan fingerprint density at radius 1 is 1.16 bits per heavy atom. The van der Waals surface area contributed by atoms with E-state index in [9.17, 15) is 4.79 Å². The molecule has 3 heteroatoms. The predicted molar refractivity (Wildman–Crippen MR) is 81.2 cm³/mol. The topological polar surface area (TPSA) is 41.1 Å². The average Bonchev–Trinajstić information content (AvgIpc) is 2.66. The summed E-state index contributed by atoms with van der Waals surface area (Å²) >= 11 is 0. The first kappa shape index (κ1) is 16.5. The highest BCUT2D eigenvalue weighted by atomic mass is 16.2. The van der Waals surface area contributed by atoms with Crippen molar-refractivity contribution in [1.29, 1.82) is 0 Å². The minimum Gasteiger partial charge on any atom is -0.355 e. The maximum atomic E-state index is 12.0. The van der Waals surface area contributed by atoms with Crippen molar-refractivity contribution >= 4 is 5.91 Å². The first-order chi connectivity index (χ1) is 9.20. The van der Waals surface area contributed by atoms with Gasteiger partial charge in [-0.05, 0) is 31.7 Å². The van der Waals surface area contributed by atoms with Crippen LogP contribution in [0.25, 0.3) is 0 Å². The summed E-state index contributed by atoms with van der Waals surface area (Å²) in [4.78, 5) is 12.0. The Bertz CT molecular complexity index is 233. The molecule has 19 heavy (non-hydrogen) atoms. The molecular formula is C16H32N2O. The van der Waals surface area contributed by atoms with Crippen molar-refractivity contribution in [1.82, 2.24) is 10.6 Å². The molecule has 0 spiro atoms. The van der Waals surface area contributed by atoms with Gasteiger partial charge >= 0.3 is 0 Å². The molecule has 1 heterocycles. The van der Waals surface area contributed by atoms with Crippen LogP contribution in [0.15, 0.2) is 0 Å². The van der Waals surface area contributed by atoms with Crippen molar-refractivity contribution in [2.45, 2.75) is 77.7 Å². The Morgan fingerprint density at radius 2 is 1.95 bits per heavy atom. The molecule has 112 valence electrons. The fourth-order valence-electron chi connectivity index (χ4n) is 2.62. The normalized spacial score (nSPS) is 20.3. The van der Waals surface area contributed by atoms with E-state index < -0.39 is 0 Å². The van der Waals surface area contributed by atoms with Crippen LogP contribution in [0.3, 0.4) is 0 Å². The quantitative estimate of drug-likeness (QED) is 0.664. The molecule has 0 bridgehead atoms. The Labute approximate surface area is 118 Å². The molecule has 3 nitrogen and oxygen atoms in total. The van der Waals surface area contributed by atoms with E-state index in [-0.39, 0.29) is 11.9 Å². The maximum absolute atomic E-state index is 12.0. The van der Waals surface area contributed by atoms with Gasteiger partial charge in [-0.1, -0.05) is 52.4 Å². The molecule has 0 aromatic carbocycles. The van der Waals surface area contributed by atoms with Gasteiger partial charge in [-0.25, -0.2) is 0 Å². The number of amides is 1. The number of carbonyl (C=O) groups excluding carboxylic acids is 1. The molecule has 0 aromatic rings. The summed E-state index contributed by atoms with van der Waals surface area (Å²) in [5.41, 5.74) is 0. The molecule has 1 atom stereocenters. The van der Waals surface area contributed by atoms with Crippen molar-refractivity contribution in [2.75, 3.05) is 13.1 Å². The molecule has 1 unspecified atom stereocenters. The minimum absolute atomic E-state index is 0.0587. The first-order valence-electron chi connectivity index (χ1n) is 8.21. The number of unbranched alkanes of at least 4 members (excludes halogenated alkanes) is 3. The van der Waals surface area contributed by atoms with Gasteiger partial charge in [0.1, 0.15) is 0 Å². The molecule has 1 amide bonds. The lowest BCUT2D eigenvalue weighted by Crippen LogP contribution is -2.43. The largest absolute Gasteiger partial charge is 0.355 e. The third-order valence-corrected chi connectivity index (χ3v) is 3.88. The summed E-state index contributed by atoms with van der Waals surface area (Å²) in [6.45, 7) is 6.39. The Kier molecular flexibility index (Phi) is 8.89. The van der Waals surface area contributed by atoms with Crippen LogP contribution in [0.1, 0.15) is 71.6 Å². The van der Waals surface area contributed by atoms with Gasteiger partial charge in [-0.3, -0.25) is 4.79 Å². The number of carbonyl (C=O) groups is 1. The molecule has 1 saturated heterocycles. The van der Waals surface area contributed by atoms with Crippen LogP contribution in [-0.4, -0.2) is 25.0 Å². The van der Waals surface area contributed by atoms with Crippen molar-refractivity contribution in [3.05, 3.63) is 0 Å².